The first kappa shape index (κ1) is 46.2. The average molecular weight is 914 g/mol. The zero-order valence-electron chi connectivity index (χ0n) is 35.2. The molecule has 2 fully saturated rings. The number of anilines is 4. The number of rotatable bonds is 17. The van der Waals surface area contributed by atoms with E-state index in [0.29, 0.717) is 47.9 Å². The van der Waals surface area contributed by atoms with Gasteiger partial charge in [-0.25, -0.2) is 0 Å². The number of hydrogen-bond donors (Lipinski definition) is 4. The lowest BCUT2D eigenvalue weighted by Gasteiger charge is -2.37. The van der Waals surface area contributed by atoms with Crippen LogP contribution in [0.2, 0.25) is 0 Å². The van der Waals surface area contributed by atoms with E-state index in [1.54, 1.807) is 43.0 Å². The van der Waals surface area contributed by atoms with Gasteiger partial charge in [-0.15, -0.1) is 16.7 Å². The third-order valence-corrected chi connectivity index (χ3v) is 13.2. The number of aromatic hydroxyl groups is 1. The summed E-state index contributed by atoms with van der Waals surface area (Å²) in [5.41, 5.74) is 3.09. The Kier molecular flexibility index (Phi) is 15.7. The van der Waals surface area contributed by atoms with Gasteiger partial charge in [0.15, 0.2) is 0 Å². The maximum absolute atomic E-state index is 13.2. The number of morpholine rings is 1. The second-order valence-electron chi connectivity index (χ2n) is 15.6. The predicted molar refractivity (Wildman–Crippen MR) is 249 cm³/mol. The fourth-order valence-electron chi connectivity index (χ4n) is 7.47. The van der Waals surface area contributed by atoms with Crippen LogP contribution in [-0.2, 0) is 15.7 Å². The number of carbonyl (C=O) groups excluding carboxylic acids is 2. The van der Waals surface area contributed by atoms with Gasteiger partial charge in [0, 0.05) is 96.1 Å². The maximum atomic E-state index is 13.2. The summed E-state index contributed by atoms with van der Waals surface area (Å²) >= 11 is 2.88. The Balaban J connectivity index is 0.896. The molecule has 17 heteroatoms. The molecule has 2 amide bonds. The predicted octanol–water partition coefficient (Wildman–Crippen LogP) is 9.61. The van der Waals surface area contributed by atoms with Gasteiger partial charge in [-0.05, 0) is 127 Å². The van der Waals surface area contributed by atoms with Crippen LogP contribution in [0.25, 0.3) is 0 Å². The first-order valence-electron chi connectivity index (χ1n) is 21.0. The van der Waals surface area contributed by atoms with Gasteiger partial charge >= 0.3 is 6.18 Å². The summed E-state index contributed by atoms with van der Waals surface area (Å²) in [5, 5.41) is 20.1. The number of phenols is 1. The second kappa shape index (κ2) is 21.8. The third kappa shape index (κ3) is 12.7. The summed E-state index contributed by atoms with van der Waals surface area (Å²) in [6.45, 7) is 8.43. The summed E-state index contributed by atoms with van der Waals surface area (Å²) in [4.78, 5) is 46.8. The van der Waals surface area contributed by atoms with E-state index in [9.17, 15) is 32.8 Å². The lowest BCUT2D eigenvalue weighted by molar-refractivity contribution is -0.137. The first-order valence-corrected chi connectivity index (χ1v) is 22.8. The van der Waals surface area contributed by atoms with Crippen molar-refractivity contribution in [1.29, 1.82) is 0 Å². The number of phenolic OH excluding ortho intramolecular Hbond substituents is 1. The lowest BCUT2D eigenvalue weighted by atomic mass is 9.98. The van der Waals surface area contributed by atoms with Gasteiger partial charge in [-0.1, -0.05) is 18.2 Å². The van der Waals surface area contributed by atoms with Crippen LogP contribution in [0.5, 0.6) is 5.75 Å². The van der Waals surface area contributed by atoms with Crippen molar-refractivity contribution in [2.24, 2.45) is 5.18 Å². The molecule has 2 heterocycles. The van der Waals surface area contributed by atoms with Crippen LogP contribution in [0.3, 0.4) is 0 Å². The molecule has 2 atom stereocenters. The Hall–Kier alpha value is -5.75. The van der Waals surface area contributed by atoms with E-state index in [1.165, 1.54) is 23.1 Å². The van der Waals surface area contributed by atoms with Crippen molar-refractivity contribution in [3.63, 3.8) is 0 Å². The summed E-state index contributed by atoms with van der Waals surface area (Å²) in [6, 6.07) is 32.3. The fraction of sp³-hybridized carbons (Fsp3) is 0.319. The highest BCUT2D eigenvalue weighted by molar-refractivity contribution is 7.99. The quantitative estimate of drug-likeness (QED) is 0.0403. The first-order chi connectivity index (χ1) is 30.9. The molecular weight excluding hydrogens is 864 g/mol. The molecule has 5 aromatic rings. The van der Waals surface area contributed by atoms with Gasteiger partial charge in [0.1, 0.15) is 11.4 Å². The molecule has 2 aliphatic heterocycles. The van der Waals surface area contributed by atoms with Gasteiger partial charge in [0.25, 0.3) is 5.91 Å². The van der Waals surface area contributed by atoms with Crippen LogP contribution >= 0.6 is 23.7 Å². The number of amides is 2. The number of nitrogens with zero attached hydrogens (tertiary/aromatic N) is 4. The number of nitroso groups, excluding NO2 is 1. The summed E-state index contributed by atoms with van der Waals surface area (Å²) in [6.07, 6.45) is -3.60. The molecule has 1 unspecified atom stereocenters. The van der Waals surface area contributed by atoms with E-state index in [1.807, 2.05) is 48.5 Å². The normalized spacial score (nSPS) is 15.6. The lowest BCUT2D eigenvalue weighted by Crippen LogP contribution is -2.46. The molecule has 64 heavy (non-hydrogen) atoms. The van der Waals surface area contributed by atoms with Crippen LogP contribution in [0.1, 0.15) is 40.7 Å². The molecule has 0 saturated carbocycles. The molecule has 0 radical (unpaired) electrons. The number of hydrogen-bond acceptors (Lipinski definition) is 12. The van der Waals surface area contributed by atoms with E-state index < -0.39 is 23.6 Å². The number of nitrogens with one attached hydrogen (secondary N) is 3. The number of alkyl halides is 3. The molecule has 0 aromatic heterocycles. The van der Waals surface area contributed by atoms with Crippen LogP contribution in [0.4, 0.5) is 41.6 Å². The third-order valence-electron chi connectivity index (χ3n) is 11.2. The highest BCUT2D eigenvalue weighted by atomic mass is 32.2. The van der Waals surface area contributed by atoms with Gasteiger partial charge in [0.2, 0.25) is 5.91 Å². The SMILES string of the molecule is CC(C(=O)Nc1ccc(C(F)(F)F)cc1)c1cc(O)cc(N2CCN(c3ccc(C(=O)NSc4ccc(N[C@H](CCN5CCOCC5)CSc5ccccc5)c(N=O)c4)cc3)CC2)c1. The molecular formula is C47H50F3N7O5S2. The molecule has 4 N–H and O–H groups in total. The number of piperazine rings is 1. The zero-order valence-corrected chi connectivity index (χ0v) is 36.9. The highest BCUT2D eigenvalue weighted by Crippen LogP contribution is 2.34. The number of benzene rings is 5. The Morgan fingerprint density at radius 3 is 2.17 bits per heavy atom. The minimum Gasteiger partial charge on any atom is -0.508 e. The highest BCUT2D eigenvalue weighted by Gasteiger charge is 2.30. The van der Waals surface area contributed by atoms with E-state index in [0.717, 1.165) is 80.5 Å². The molecule has 2 saturated heterocycles. The van der Waals surface area contributed by atoms with Crippen LogP contribution in [-0.4, -0.2) is 92.6 Å². The Morgan fingerprint density at radius 2 is 1.50 bits per heavy atom. The van der Waals surface area contributed by atoms with E-state index in [-0.39, 0.29) is 29.1 Å². The van der Waals surface area contributed by atoms with Gasteiger partial charge in [-0.3, -0.25) is 19.2 Å². The van der Waals surface area contributed by atoms with E-state index in [2.05, 4.69) is 47.4 Å². The van der Waals surface area contributed by atoms with Crippen molar-refractivity contribution in [3.05, 3.63) is 137 Å². The Bertz CT molecular complexity index is 2350. The molecule has 0 aliphatic carbocycles. The van der Waals surface area contributed by atoms with Crippen molar-refractivity contribution in [1.82, 2.24) is 9.62 Å². The smallest absolute Gasteiger partial charge is 0.416 e. The minimum atomic E-state index is -4.47. The van der Waals surface area contributed by atoms with Crippen molar-refractivity contribution < 1.29 is 32.6 Å². The van der Waals surface area contributed by atoms with Crippen LogP contribution < -0.4 is 25.2 Å². The van der Waals surface area contributed by atoms with Crippen LogP contribution in [0.15, 0.2) is 130 Å². The largest absolute Gasteiger partial charge is 0.508 e. The molecule has 2 aliphatic rings. The maximum Gasteiger partial charge on any atom is 0.416 e. The van der Waals surface area contributed by atoms with Crippen molar-refractivity contribution in [2.75, 3.05) is 85.2 Å². The van der Waals surface area contributed by atoms with Crippen molar-refractivity contribution in [2.45, 2.75) is 41.3 Å². The monoisotopic (exact) mass is 913 g/mol. The number of thioether (sulfide) groups is 1. The van der Waals surface area contributed by atoms with Crippen molar-refractivity contribution in [3.8, 4) is 5.75 Å². The zero-order chi connectivity index (χ0) is 45.1. The molecule has 0 spiro atoms. The van der Waals surface area contributed by atoms with Gasteiger partial charge < -0.3 is 30.3 Å². The average Bonchev–Trinajstić information content (AvgIpc) is 3.32. The molecule has 0 bridgehead atoms. The van der Waals surface area contributed by atoms with E-state index in [4.69, 9.17) is 4.74 Å². The minimum absolute atomic E-state index is 0.000704. The van der Waals surface area contributed by atoms with Gasteiger partial charge in [-0.2, -0.15) is 13.2 Å². The number of ether oxygens (including phenoxy) is 1. The number of carbonyl (C=O) groups is 2. The van der Waals surface area contributed by atoms with Crippen molar-refractivity contribution >= 4 is 64.0 Å². The standard InChI is InChI=1S/C47H50F3N7O5S2/c1-32(45(59)52-36-11-9-35(10-12-36)47(48,49)50)34-27-39(29-40(58)28-34)57-21-19-56(20-22-57)38-13-7-33(8-14-38)46(60)54-64-42-15-16-43(44(30-42)53-61)51-37(17-18-55-23-25-62-26-24-55)31-63-41-5-3-2-4-6-41/h2-16,27-30,32,37,51,58H,17-26,31H2,1H3,(H,52,59)(H,54,60)/t32?,37-/m1/s1. The Labute approximate surface area is 379 Å². The van der Waals surface area contributed by atoms with Crippen LogP contribution in [0, 0.1) is 4.91 Å². The molecule has 5 aromatic carbocycles. The summed E-state index contributed by atoms with van der Waals surface area (Å²) < 4.78 is 47.3. The Morgan fingerprint density at radius 1 is 0.812 bits per heavy atom. The van der Waals surface area contributed by atoms with E-state index >= 15 is 0 Å². The molecule has 12 nitrogen and oxygen atoms in total. The van der Waals surface area contributed by atoms with Gasteiger partial charge in [0.05, 0.1) is 30.4 Å². The molecule has 336 valence electrons. The number of halogens is 3. The summed E-state index contributed by atoms with van der Waals surface area (Å²) in [7, 11) is 0. The topological polar surface area (TPSA) is 139 Å². The summed E-state index contributed by atoms with van der Waals surface area (Å²) in [5.74, 6) is -0.594. The molecule has 7 rings (SSSR count). The second-order valence-corrected chi connectivity index (χ2v) is 17.6. The fourth-order valence-corrected chi connectivity index (χ4v) is 9.10.